The van der Waals surface area contributed by atoms with E-state index in [0.29, 0.717) is 11.3 Å². The van der Waals surface area contributed by atoms with Gasteiger partial charge in [0.2, 0.25) is 5.91 Å². The van der Waals surface area contributed by atoms with Gasteiger partial charge in [-0.05, 0) is 12.1 Å². The maximum atomic E-state index is 12.0. The molecule has 24 heavy (non-hydrogen) atoms. The van der Waals surface area contributed by atoms with Gasteiger partial charge in [0.05, 0.1) is 34.4 Å². The van der Waals surface area contributed by atoms with Crippen molar-refractivity contribution in [2.45, 2.75) is 13.0 Å². The number of anilines is 1. The van der Waals surface area contributed by atoms with Gasteiger partial charge in [-0.2, -0.15) is 4.98 Å². The average molecular weight is 371 g/mol. The highest BCUT2D eigenvalue weighted by Crippen LogP contribution is 2.38. The molecule has 0 aliphatic carbocycles. The largest absolute Gasteiger partial charge is 0.442 e. The summed E-state index contributed by atoms with van der Waals surface area (Å²) in [7, 11) is 0. The zero-order chi connectivity index (χ0) is 17.3. The third kappa shape index (κ3) is 3.29. The first-order valence-corrected chi connectivity index (χ1v) is 7.70. The molecule has 3 rings (SSSR count). The smallest absolute Gasteiger partial charge is 0.414 e. The zero-order valence-corrected chi connectivity index (χ0v) is 14.0. The first-order valence-electron chi connectivity index (χ1n) is 6.94. The van der Waals surface area contributed by atoms with Gasteiger partial charge in [0.25, 0.3) is 5.89 Å². The fourth-order valence-electron chi connectivity index (χ4n) is 2.30. The summed E-state index contributed by atoms with van der Waals surface area (Å²) in [5.74, 6) is -0.0106. The zero-order valence-electron chi connectivity index (χ0n) is 12.5. The van der Waals surface area contributed by atoms with Crippen LogP contribution in [0.2, 0.25) is 10.0 Å². The van der Waals surface area contributed by atoms with Crippen molar-refractivity contribution >= 4 is 40.9 Å². The molecule has 2 aromatic rings. The fourth-order valence-corrected chi connectivity index (χ4v) is 2.94. The maximum absolute atomic E-state index is 12.0. The van der Waals surface area contributed by atoms with E-state index in [1.807, 2.05) is 0 Å². The molecule has 1 N–H and O–H groups in total. The fraction of sp³-hybridized carbons (Fsp3) is 0.286. The summed E-state index contributed by atoms with van der Waals surface area (Å²) in [5.41, 5.74) is 0.866. The number of aromatic nitrogens is 2. The molecule has 1 atom stereocenters. The average Bonchev–Trinajstić information content (AvgIpc) is 3.14. The van der Waals surface area contributed by atoms with E-state index in [2.05, 4.69) is 15.5 Å². The van der Waals surface area contributed by atoms with Crippen molar-refractivity contribution in [2.24, 2.45) is 0 Å². The number of nitrogens with zero attached hydrogens (tertiary/aromatic N) is 3. The van der Waals surface area contributed by atoms with Crippen molar-refractivity contribution in [3.63, 3.8) is 0 Å². The lowest BCUT2D eigenvalue weighted by Crippen LogP contribution is -2.33. The summed E-state index contributed by atoms with van der Waals surface area (Å²) in [6.45, 7) is 1.90. The van der Waals surface area contributed by atoms with E-state index in [-0.39, 0.29) is 34.9 Å². The first-order chi connectivity index (χ1) is 11.5. The molecule has 1 aliphatic rings. The normalized spacial score (nSPS) is 17.0. The lowest BCUT2D eigenvalue weighted by atomic mass is 10.2. The van der Waals surface area contributed by atoms with Crippen molar-refractivity contribution in [3.05, 3.63) is 28.5 Å². The Kier molecular flexibility index (Phi) is 4.59. The number of halogens is 2. The monoisotopic (exact) mass is 370 g/mol. The number of carbonyl (C=O) groups excluding carboxylic acids is 2. The molecule has 0 radical (unpaired) electrons. The van der Waals surface area contributed by atoms with Gasteiger partial charge in [-0.3, -0.25) is 9.69 Å². The third-order valence-corrected chi connectivity index (χ3v) is 3.96. The van der Waals surface area contributed by atoms with Crippen molar-refractivity contribution in [1.29, 1.82) is 0 Å². The number of hydrogen-bond donors (Lipinski definition) is 1. The van der Waals surface area contributed by atoms with E-state index in [1.54, 1.807) is 12.1 Å². The van der Waals surface area contributed by atoms with Gasteiger partial charge in [-0.15, -0.1) is 0 Å². The van der Waals surface area contributed by atoms with E-state index >= 15 is 0 Å². The SMILES string of the molecule is CC(=O)NCC1CN(c2cc(Cl)c(-c3ncno3)c(Cl)c2)C(=O)O1. The van der Waals surface area contributed by atoms with Gasteiger partial charge in [0, 0.05) is 6.92 Å². The first kappa shape index (κ1) is 16.5. The van der Waals surface area contributed by atoms with E-state index < -0.39 is 12.2 Å². The Bertz CT molecular complexity index is 758. The topological polar surface area (TPSA) is 97.6 Å². The Morgan fingerprint density at radius 2 is 2.12 bits per heavy atom. The molecular formula is C14H12Cl2N4O4. The van der Waals surface area contributed by atoms with Crippen LogP contribution >= 0.6 is 23.2 Å². The summed E-state index contributed by atoms with van der Waals surface area (Å²) in [5, 5.41) is 6.65. The lowest BCUT2D eigenvalue weighted by molar-refractivity contribution is -0.119. The van der Waals surface area contributed by atoms with Crippen LogP contribution in [0.4, 0.5) is 10.5 Å². The second-order valence-electron chi connectivity index (χ2n) is 5.08. The molecule has 126 valence electrons. The Morgan fingerprint density at radius 3 is 2.71 bits per heavy atom. The van der Waals surface area contributed by atoms with Crippen LogP contribution in [0.25, 0.3) is 11.5 Å². The summed E-state index contributed by atoms with van der Waals surface area (Å²) >= 11 is 12.5. The van der Waals surface area contributed by atoms with Crippen molar-refractivity contribution in [1.82, 2.24) is 15.5 Å². The third-order valence-electron chi connectivity index (χ3n) is 3.37. The second-order valence-corrected chi connectivity index (χ2v) is 5.90. The van der Waals surface area contributed by atoms with Crippen LogP contribution < -0.4 is 10.2 Å². The highest BCUT2D eigenvalue weighted by Gasteiger charge is 2.33. The van der Waals surface area contributed by atoms with Crippen LogP contribution in [0.15, 0.2) is 23.0 Å². The van der Waals surface area contributed by atoms with Gasteiger partial charge in [-0.25, -0.2) is 4.79 Å². The van der Waals surface area contributed by atoms with Crippen molar-refractivity contribution in [3.8, 4) is 11.5 Å². The van der Waals surface area contributed by atoms with Gasteiger partial charge < -0.3 is 14.6 Å². The molecular weight excluding hydrogens is 359 g/mol. The molecule has 1 saturated heterocycles. The number of benzene rings is 1. The molecule has 2 amide bonds. The minimum Gasteiger partial charge on any atom is -0.442 e. The molecule has 1 aromatic carbocycles. The molecule has 0 spiro atoms. The minimum absolute atomic E-state index is 0.184. The predicted octanol–water partition coefficient (Wildman–Crippen LogP) is 2.50. The van der Waals surface area contributed by atoms with E-state index in [4.69, 9.17) is 32.5 Å². The summed E-state index contributed by atoms with van der Waals surface area (Å²) < 4.78 is 10.2. The van der Waals surface area contributed by atoms with Gasteiger partial charge in [-0.1, -0.05) is 28.4 Å². The summed E-state index contributed by atoms with van der Waals surface area (Å²) in [4.78, 5) is 28.3. The molecule has 1 aromatic heterocycles. The number of hydrogen-bond acceptors (Lipinski definition) is 6. The van der Waals surface area contributed by atoms with Crippen molar-refractivity contribution in [2.75, 3.05) is 18.0 Å². The molecule has 2 heterocycles. The second kappa shape index (κ2) is 6.66. The molecule has 10 heteroatoms. The Hall–Kier alpha value is -2.32. The van der Waals surface area contributed by atoms with Gasteiger partial charge in [0.1, 0.15) is 6.10 Å². The molecule has 0 saturated carbocycles. The van der Waals surface area contributed by atoms with Crippen LogP contribution in [-0.2, 0) is 9.53 Å². The molecule has 1 fully saturated rings. The highest BCUT2D eigenvalue weighted by atomic mass is 35.5. The standard InChI is InChI=1S/C14H12Cl2N4O4/c1-7(21)17-4-9-5-20(14(22)23-9)8-2-10(15)12(11(16)3-8)13-18-6-19-24-13/h2-3,6,9H,4-5H2,1H3,(H,17,21). The predicted molar refractivity (Wildman–Crippen MR) is 86.1 cm³/mol. The number of ether oxygens (including phenoxy) is 1. The van der Waals surface area contributed by atoms with Crippen LogP contribution in [0, 0.1) is 0 Å². The number of carbonyl (C=O) groups is 2. The van der Waals surface area contributed by atoms with Crippen LogP contribution in [0.1, 0.15) is 6.92 Å². The molecule has 0 bridgehead atoms. The lowest BCUT2D eigenvalue weighted by Gasteiger charge is -2.15. The number of cyclic esters (lactones) is 1. The quantitative estimate of drug-likeness (QED) is 0.887. The van der Waals surface area contributed by atoms with Crippen LogP contribution in [-0.4, -0.2) is 41.3 Å². The van der Waals surface area contributed by atoms with E-state index in [0.717, 1.165) is 0 Å². The number of rotatable bonds is 4. The number of amides is 2. The van der Waals surface area contributed by atoms with Crippen LogP contribution in [0.3, 0.4) is 0 Å². The van der Waals surface area contributed by atoms with Gasteiger partial charge in [0.15, 0.2) is 6.33 Å². The minimum atomic E-state index is -0.539. The Morgan fingerprint density at radius 1 is 1.42 bits per heavy atom. The molecule has 1 aliphatic heterocycles. The van der Waals surface area contributed by atoms with Crippen molar-refractivity contribution < 1.29 is 18.8 Å². The summed E-state index contributed by atoms with van der Waals surface area (Å²) in [6, 6.07) is 3.13. The molecule has 8 nitrogen and oxygen atoms in total. The van der Waals surface area contributed by atoms with Crippen LogP contribution in [0.5, 0.6) is 0 Å². The van der Waals surface area contributed by atoms with E-state index in [1.165, 1.54) is 18.2 Å². The number of nitrogens with one attached hydrogen (secondary N) is 1. The highest BCUT2D eigenvalue weighted by molar-refractivity contribution is 6.39. The molecule has 1 unspecified atom stereocenters. The van der Waals surface area contributed by atoms with Gasteiger partial charge >= 0.3 is 6.09 Å². The van der Waals surface area contributed by atoms with E-state index in [9.17, 15) is 9.59 Å². The Balaban J connectivity index is 1.83. The summed E-state index contributed by atoms with van der Waals surface area (Å²) in [6.07, 6.45) is 0.248. The maximum Gasteiger partial charge on any atom is 0.414 e. The Labute approximate surface area is 146 Å².